The minimum atomic E-state index is 0.432. The molecule has 6 heteroatoms. The van der Waals surface area contributed by atoms with Crippen molar-refractivity contribution in [3.63, 3.8) is 0 Å². The number of rotatable bonds is 4. The number of nitrogens with two attached hydrogens (primary N) is 1. The molecule has 0 aliphatic heterocycles. The van der Waals surface area contributed by atoms with Gasteiger partial charge < -0.3 is 10.2 Å². The normalized spacial score (nSPS) is 11.2. The van der Waals surface area contributed by atoms with Crippen molar-refractivity contribution in [1.82, 2.24) is 10.4 Å². The van der Waals surface area contributed by atoms with Gasteiger partial charge in [-0.3, -0.25) is 0 Å². The Morgan fingerprint density at radius 2 is 2.15 bits per heavy atom. The van der Waals surface area contributed by atoms with Gasteiger partial charge in [0.2, 0.25) is 0 Å². The van der Waals surface area contributed by atoms with E-state index in [9.17, 15) is 0 Å². The van der Waals surface area contributed by atoms with E-state index in [2.05, 4.69) is 15.4 Å². The monoisotopic (exact) mass is 290 g/mol. The predicted molar refractivity (Wildman–Crippen MR) is 80.4 cm³/mol. The van der Waals surface area contributed by atoms with Crippen molar-refractivity contribution in [2.24, 2.45) is 10.8 Å². The summed E-state index contributed by atoms with van der Waals surface area (Å²) in [6, 6.07) is 10.8. The second-order valence-corrected chi connectivity index (χ2v) is 4.28. The van der Waals surface area contributed by atoms with Gasteiger partial charge in [-0.15, -0.1) is 0 Å². The van der Waals surface area contributed by atoms with E-state index in [1.165, 1.54) is 0 Å². The Kier molecular flexibility index (Phi) is 4.92. The maximum atomic E-state index is 6.06. The third-order valence-corrected chi connectivity index (χ3v) is 2.83. The lowest BCUT2D eigenvalue weighted by atomic mass is 10.3. The highest BCUT2D eigenvalue weighted by atomic mass is 35.5. The highest BCUT2D eigenvalue weighted by Crippen LogP contribution is 2.24. The van der Waals surface area contributed by atoms with Gasteiger partial charge in [-0.2, -0.15) is 0 Å². The van der Waals surface area contributed by atoms with Gasteiger partial charge in [0.1, 0.15) is 11.4 Å². The van der Waals surface area contributed by atoms with Gasteiger partial charge >= 0.3 is 0 Å². The van der Waals surface area contributed by atoms with Crippen LogP contribution in [0.25, 0.3) is 0 Å². The fourth-order valence-electron chi connectivity index (χ4n) is 1.60. The summed E-state index contributed by atoms with van der Waals surface area (Å²) in [6.07, 6.45) is 1.62. The van der Waals surface area contributed by atoms with Gasteiger partial charge in [-0.05, 0) is 31.2 Å². The molecule has 1 heterocycles. The minimum Gasteiger partial charge on any atom is -0.492 e. The lowest BCUT2D eigenvalue weighted by Gasteiger charge is -2.07. The van der Waals surface area contributed by atoms with Crippen molar-refractivity contribution in [3.05, 3.63) is 53.3 Å². The van der Waals surface area contributed by atoms with Gasteiger partial charge in [0.05, 0.1) is 23.5 Å². The molecule has 0 spiro atoms. The molecule has 0 amide bonds. The van der Waals surface area contributed by atoms with E-state index in [0.717, 1.165) is 0 Å². The number of ether oxygens (including phenoxy) is 1. The Morgan fingerprint density at radius 1 is 1.35 bits per heavy atom. The van der Waals surface area contributed by atoms with E-state index in [1.807, 2.05) is 25.1 Å². The smallest absolute Gasteiger partial charge is 0.166 e. The first kappa shape index (κ1) is 14.3. The first-order valence-corrected chi connectivity index (χ1v) is 6.51. The van der Waals surface area contributed by atoms with Gasteiger partial charge in [0.25, 0.3) is 0 Å². The summed E-state index contributed by atoms with van der Waals surface area (Å²) in [4.78, 5) is 8.62. The van der Waals surface area contributed by atoms with Gasteiger partial charge in [0, 0.05) is 0 Å². The fraction of sp³-hybridized carbons (Fsp3) is 0.143. The largest absolute Gasteiger partial charge is 0.492 e. The number of hydrogen-bond acceptors (Lipinski definition) is 4. The first-order chi connectivity index (χ1) is 9.74. The quantitative estimate of drug-likeness (QED) is 0.393. The molecule has 0 aliphatic rings. The average molecular weight is 291 g/mol. The molecule has 0 bridgehead atoms. The van der Waals surface area contributed by atoms with Crippen LogP contribution in [0.2, 0.25) is 5.02 Å². The third-order valence-electron chi connectivity index (χ3n) is 2.51. The number of nitrogens with zero attached hydrogens (tertiary/aromatic N) is 2. The van der Waals surface area contributed by atoms with Crippen LogP contribution >= 0.6 is 11.6 Å². The van der Waals surface area contributed by atoms with Crippen LogP contribution < -0.4 is 16.0 Å². The number of halogens is 1. The molecule has 5 nitrogen and oxygen atoms in total. The van der Waals surface area contributed by atoms with Gasteiger partial charge in [-0.25, -0.2) is 15.8 Å². The molecule has 20 heavy (non-hydrogen) atoms. The van der Waals surface area contributed by atoms with Crippen LogP contribution in [0.3, 0.4) is 0 Å². The first-order valence-electron chi connectivity index (χ1n) is 6.13. The zero-order valence-electron chi connectivity index (χ0n) is 11.0. The maximum Gasteiger partial charge on any atom is 0.166 e. The van der Waals surface area contributed by atoms with Crippen LogP contribution in [0.5, 0.6) is 5.75 Å². The summed E-state index contributed by atoms with van der Waals surface area (Å²) in [5, 5.41) is 0.547. The maximum absolute atomic E-state index is 6.06. The van der Waals surface area contributed by atoms with Crippen molar-refractivity contribution in [2.45, 2.75) is 6.92 Å². The molecule has 2 rings (SSSR count). The average Bonchev–Trinajstić information content (AvgIpc) is 2.48. The Bertz CT molecular complexity index is 598. The summed E-state index contributed by atoms with van der Waals surface area (Å²) >= 11 is 6.06. The molecule has 3 N–H and O–H groups in total. The third kappa shape index (κ3) is 3.46. The highest BCUT2D eigenvalue weighted by Gasteiger charge is 2.06. The molecule has 104 valence electrons. The minimum absolute atomic E-state index is 0.432. The van der Waals surface area contributed by atoms with E-state index in [4.69, 9.17) is 22.2 Å². The number of pyridine rings is 1. The second-order valence-electron chi connectivity index (χ2n) is 3.87. The van der Waals surface area contributed by atoms with Crippen molar-refractivity contribution in [3.8, 4) is 5.75 Å². The zero-order valence-corrected chi connectivity index (χ0v) is 11.8. The fourth-order valence-corrected chi connectivity index (χ4v) is 1.78. The van der Waals surface area contributed by atoms with Gasteiger partial charge in [-0.1, -0.05) is 23.7 Å². The Morgan fingerprint density at radius 3 is 2.75 bits per heavy atom. The molecule has 0 unspecified atom stereocenters. The Hall–Kier alpha value is -2.11. The number of aliphatic imine (C=N–C) groups is 1. The lowest BCUT2D eigenvalue weighted by Crippen LogP contribution is -2.31. The molecular weight excluding hydrogens is 276 g/mol. The molecule has 1 aromatic heterocycles. The summed E-state index contributed by atoms with van der Waals surface area (Å²) in [6.45, 7) is 2.51. The molecule has 0 saturated carbocycles. The number of hydrogen-bond donors (Lipinski definition) is 2. The van der Waals surface area contributed by atoms with Crippen molar-refractivity contribution < 1.29 is 4.74 Å². The van der Waals surface area contributed by atoms with Crippen LogP contribution in [0.1, 0.15) is 12.6 Å². The van der Waals surface area contributed by atoms with E-state index in [0.29, 0.717) is 34.6 Å². The predicted octanol–water partition coefficient (Wildman–Crippen LogP) is 2.68. The molecular formula is C14H15ClN4O. The van der Waals surface area contributed by atoms with Crippen LogP contribution in [-0.4, -0.2) is 17.4 Å². The molecule has 2 aromatic rings. The van der Waals surface area contributed by atoms with E-state index >= 15 is 0 Å². The van der Waals surface area contributed by atoms with Crippen LogP contribution in [0, 0.1) is 0 Å². The Balaban J connectivity index is 2.30. The highest BCUT2D eigenvalue weighted by molar-refractivity contribution is 6.33. The lowest BCUT2D eigenvalue weighted by molar-refractivity contribution is 0.339. The molecule has 0 aliphatic carbocycles. The number of benzene rings is 1. The van der Waals surface area contributed by atoms with E-state index in [1.54, 1.807) is 24.4 Å². The van der Waals surface area contributed by atoms with E-state index < -0.39 is 0 Å². The zero-order chi connectivity index (χ0) is 14.4. The summed E-state index contributed by atoms with van der Waals surface area (Å²) in [7, 11) is 0. The standard InChI is InChI=1S/C14H15ClN4O/c1-2-20-10-7-8-13(17-9-10)14(19-16)18-12-6-4-3-5-11(12)15/h3-9H,2,16H2,1H3,(H,18,19). The molecule has 0 radical (unpaired) electrons. The van der Waals surface area contributed by atoms with Gasteiger partial charge in [0.15, 0.2) is 5.84 Å². The van der Waals surface area contributed by atoms with Crippen molar-refractivity contribution in [2.75, 3.05) is 6.61 Å². The number of aromatic nitrogens is 1. The van der Waals surface area contributed by atoms with Crippen LogP contribution in [0.4, 0.5) is 5.69 Å². The number of nitrogens with one attached hydrogen (secondary N) is 1. The van der Waals surface area contributed by atoms with Crippen LogP contribution in [-0.2, 0) is 0 Å². The molecule has 1 aromatic carbocycles. The Labute approximate surface area is 122 Å². The summed E-state index contributed by atoms with van der Waals surface area (Å²) in [5.41, 5.74) is 3.76. The molecule has 0 saturated heterocycles. The van der Waals surface area contributed by atoms with Crippen molar-refractivity contribution >= 4 is 23.1 Å². The number of para-hydroxylation sites is 1. The second kappa shape index (κ2) is 6.88. The molecule has 0 atom stereocenters. The summed E-state index contributed by atoms with van der Waals surface area (Å²) in [5.74, 6) is 6.64. The topological polar surface area (TPSA) is 72.5 Å². The number of hydrazine groups is 1. The summed E-state index contributed by atoms with van der Waals surface area (Å²) < 4.78 is 5.34. The van der Waals surface area contributed by atoms with Crippen molar-refractivity contribution in [1.29, 1.82) is 0 Å². The SMILES string of the molecule is CCOc1ccc(C(=Nc2ccccc2Cl)NN)nc1. The van der Waals surface area contributed by atoms with Crippen LogP contribution in [0.15, 0.2) is 47.6 Å². The molecule has 0 fully saturated rings. The number of amidine groups is 1. The van der Waals surface area contributed by atoms with E-state index in [-0.39, 0.29) is 0 Å².